The van der Waals surface area contributed by atoms with Crippen molar-refractivity contribution < 1.29 is 0 Å². The summed E-state index contributed by atoms with van der Waals surface area (Å²) >= 11 is 0. The summed E-state index contributed by atoms with van der Waals surface area (Å²) in [6, 6.07) is 82.7. The number of hydrogen-bond donors (Lipinski definition) is 0. The van der Waals surface area contributed by atoms with Crippen LogP contribution < -0.4 is 4.90 Å². The molecule has 1 aromatic heterocycles. The first-order valence-corrected chi connectivity index (χ1v) is 22.3. The van der Waals surface area contributed by atoms with Crippen LogP contribution in [0, 0.1) is 0 Å². The highest BCUT2D eigenvalue weighted by Gasteiger charge is 2.20. The molecule has 1 atom stereocenters. The number of para-hydroxylation sites is 1. The smallest absolute Gasteiger partial charge is 0.0560 e. The van der Waals surface area contributed by atoms with Crippen molar-refractivity contribution in [1.29, 1.82) is 0 Å². The van der Waals surface area contributed by atoms with Gasteiger partial charge in [0.15, 0.2) is 0 Å². The van der Waals surface area contributed by atoms with Gasteiger partial charge in [-0.25, -0.2) is 0 Å². The number of hydrogen-bond acceptors (Lipinski definition) is 1. The molecule has 0 saturated heterocycles. The first-order valence-electron chi connectivity index (χ1n) is 22.3. The first-order chi connectivity index (χ1) is 31.7. The molecule has 302 valence electrons. The summed E-state index contributed by atoms with van der Waals surface area (Å²) in [5.74, 6) is 0. The summed E-state index contributed by atoms with van der Waals surface area (Å²) in [6.45, 7) is 0. The Morgan fingerprint density at radius 2 is 0.969 bits per heavy atom. The largest absolute Gasteiger partial charge is 0.333 e. The molecule has 12 rings (SSSR count). The van der Waals surface area contributed by atoms with Gasteiger partial charge in [0.2, 0.25) is 0 Å². The van der Waals surface area contributed by atoms with E-state index in [1.54, 1.807) is 0 Å². The molecule has 2 heteroatoms. The van der Waals surface area contributed by atoms with E-state index in [1.807, 2.05) is 0 Å². The normalized spacial score (nSPS) is 13.6. The number of allylic oxidation sites excluding steroid dienone is 4. The third-order valence-corrected chi connectivity index (χ3v) is 13.1. The van der Waals surface area contributed by atoms with Crippen molar-refractivity contribution in [2.45, 2.75) is 12.5 Å². The van der Waals surface area contributed by atoms with E-state index in [1.165, 1.54) is 87.9 Å². The van der Waals surface area contributed by atoms with Gasteiger partial charge in [-0.1, -0.05) is 188 Å². The van der Waals surface area contributed by atoms with Crippen LogP contribution in [0.15, 0.2) is 249 Å². The van der Waals surface area contributed by atoms with Gasteiger partial charge in [-0.3, -0.25) is 0 Å². The van der Waals surface area contributed by atoms with E-state index in [9.17, 15) is 0 Å². The fraction of sp³-hybridized carbons (Fsp3) is 0.0323. The molecular formula is C62H44N2. The summed E-state index contributed by atoms with van der Waals surface area (Å²) in [7, 11) is 0. The lowest BCUT2D eigenvalue weighted by molar-refractivity contribution is 0.648. The average Bonchev–Trinajstić information content (AvgIpc) is 3.71. The Labute approximate surface area is 373 Å². The molecule has 0 fully saturated rings. The number of fused-ring (bicyclic) bond motifs is 6. The highest BCUT2D eigenvalue weighted by atomic mass is 15.1. The van der Waals surface area contributed by atoms with Crippen molar-refractivity contribution in [2.24, 2.45) is 0 Å². The minimum Gasteiger partial charge on any atom is -0.333 e. The summed E-state index contributed by atoms with van der Waals surface area (Å²) in [5, 5.41) is 7.63. The van der Waals surface area contributed by atoms with Crippen molar-refractivity contribution >= 4 is 60.4 Å². The second-order valence-corrected chi connectivity index (χ2v) is 16.9. The van der Waals surface area contributed by atoms with E-state index < -0.39 is 0 Å². The van der Waals surface area contributed by atoms with E-state index in [4.69, 9.17) is 0 Å². The molecule has 0 spiro atoms. The van der Waals surface area contributed by atoms with Crippen molar-refractivity contribution in [3.05, 3.63) is 249 Å². The lowest BCUT2D eigenvalue weighted by atomic mass is 9.94. The summed E-state index contributed by atoms with van der Waals surface area (Å²) < 4.78 is 2.51. The quantitative estimate of drug-likeness (QED) is 0.139. The summed E-state index contributed by atoms with van der Waals surface area (Å²) in [4.78, 5) is 2.43. The minimum absolute atomic E-state index is 0.287. The monoisotopic (exact) mass is 816 g/mol. The topological polar surface area (TPSA) is 8.17 Å². The van der Waals surface area contributed by atoms with Crippen molar-refractivity contribution in [1.82, 2.24) is 4.57 Å². The molecule has 2 nitrogen and oxygen atoms in total. The van der Waals surface area contributed by atoms with Crippen LogP contribution in [0.3, 0.4) is 0 Å². The van der Waals surface area contributed by atoms with Crippen LogP contribution in [0.5, 0.6) is 0 Å². The van der Waals surface area contributed by atoms with E-state index in [2.05, 4.69) is 258 Å². The number of rotatable bonds is 8. The second-order valence-electron chi connectivity index (χ2n) is 16.9. The molecular weight excluding hydrogens is 773 g/mol. The first kappa shape index (κ1) is 37.6. The Kier molecular flexibility index (Phi) is 9.34. The third-order valence-electron chi connectivity index (χ3n) is 13.1. The van der Waals surface area contributed by atoms with Crippen LogP contribution >= 0.6 is 0 Å². The van der Waals surface area contributed by atoms with Gasteiger partial charge in [-0.2, -0.15) is 0 Å². The number of nitrogens with zero attached hydrogens (tertiary/aromatic N) is 2. The van der Waals surface area contributed by atoms with Gasteiger partial charge < -0.3 is 9.47 Å². The second kappa shape index (κ2) is 15.9. The predicted molar refractivity (Wildman–Crippen MR) is 273 cm³/mol. The fourth-order valence-electron chi connectivity index (χ4n) is 9.99. The Morgan fingerprint density at radius 1 is 0.344 bits per heavy atom. The third kappa shape index (κ3) is 6.68. The molecule has 0 amide bonds. The number of aromatic nitrogens is 1. The SMILES string of the molecule is C1=CCC(n2c3ccccc3c3cc(-c4cccc(N(c5ccc(-c6cccc7c6ccc6ccccc67)cc5)c5cc(-c6ccccc6)cc(-c6ccccc6)c5)c4)ccc32)C=C1. The lowest BCUT2D eigenvalue weighted by Gasteiger charge is -2.27. The van der Waals surface area contributed by atoms with Gasteiger partial charge in [0.1, 0.15) is 0 Å². The molecule has 64 heavy (non-hydrogen) atoms. The molecule has 0 bridgehead atoms. The molecule has 0 N–H and O–H groups in total. The molecule has 0 radical (unpaired) electrons. The molecule has 0 aliphatic heterocycles. The predicted octanol–water partition coefficient (Wildman–Crippen LogP) is 17.3. The van der Waals surface area contributed by atoms with Crippen molar-refractivity contribution in [3.8, 4) is 44.5 Å². The van der Waals surface area contributed by atoms with Gasteiger partial charge >= 0.3 is 0 Å². The van der Waals surface area contributed by atoms with Crippen LogP contribution in [0.25, 0.3) is 87.9 Å². The Bertz CT molecular complexity index is 3520. The van der Waals surface area contributed by atoms with Crippen LogP contribution in [0.2, 0.25) is 0 Å². The standard InChI is InChI=1S/C62H44N2/c1-4-16-43(17-5-1)49-38-50(44-18-6-2-7-19-44)41-54(40-49)63(52-34-30-46(31-35-52)56-27-15-28-57-55-25-11-10-20-45(55)32-36-58(56)57)53-24-14-21-47(39-53)48-33-37-62-60(42-48)59-26-12-13-29-61(59)64(62)51-22-8-3-9-23-51/h1-22,24-42,51H,23H2. The molecule has 1 heterocycles. The van der Waals surface area contributed by atoms with Gasteiger partial charge in [0, 0.05) is 38.9 Å². The zero-order chi connectivity index (χ0) is 42.4. The van der Waals surface area contributed by atoms with Crippen LogP contribution in [-0.2, 0) is 0 Å². The maximum absolute atomic E-state index is 2.51. The maximum Gasteiger partial charge on any atom is 0.0560 e. The Balaban J connectivity index is 1.02. The molecule has 1 unspecified atom stereocenters. The van der Waals surface area contributed by atoms with Gasteiger partial charge in [0.05, 0.1) is 6.04 Å². The highest BCUT2D eigenvalue weighted by Crippen LogP contribution is 2.43. The van der Waals surface area contributed by atoms with E-state index in [-0.39, 0.29) is 6.04 Å². The zero-order valence-corrected chi connectivity index (χ0v) is 35.4. The molecule has 11 aromatic rings. The van der Waals surface area contributed by atoms with Gasteiger partial charge in [-0.05, 0) is 133 Å². The molecule has 10 aromatic carbocycles. The highest BCUT2D eigenvalue weighted by molar-refractivity contribution is 6.12. The van der Waals surface area contributed by atoms with Crippen LogP contribution in [-0.4, -0.2) is 4.57 Å². The molecule has 1 aliphatic rings. The summed E-state index contributed by atoms with van der Waals surface area (Å²) in [5.41, 5.74) is 15.3. The number of anilines is 3. The Morgan fingerprint density at radius 3 is 1.73 bits per heavy atom. The maximum atomic E-state index is 2.51. The Hall–Kier alpha value is -8.20. The van der Waals surface area contributed by atoms with Crippen LogP contribution in [0.1, 0.15) is 12.5 Å². The fourth-order valence-corrected chi connectivity index (χ4v) is 9.99. The summed E-state index contributed by atoms with van der Waals surface area (Å²) in [6.07, 6.45) is 9.91. The number of benzene rings is 10. The zero-order valence-electron chi connectivity index (χ0n) is 35.4. The van der Waals surface area contributed by atoms with E-state index in [0.717, 1.165) is 23.5 Å². The molecule has 1 aliphatic carbocycles. The van der Waals surface area contributed by atoms with E-state index >= 15 is 0 Å². The van der Waals surface area contributed by atoms with Gasteiger partial charge in [-0.15, -0.1) is 0 Å². The lowest BCUT2D eigenvalue weighted by Crippen LogP contribution is -2.10. The van der Waals surface area contributed by atoms with Crippen molar-refractivity contribution in [3.63, 3.8) is 0 Å². The molecule has 0 saturated carbocycles. The average molecular weight is 817 g/mol. The van der Waals surface area contributed by atoms with E-state index in [0.29, 0.717) is 0 Å². The van der Waals surface area contributed by atoms with Crippen molar-refractivity contribution in [2.75, 3.05) is 4.90 Å². The van der Waals surface area contributed by atoms with Gasteiger partial charge in [0.25, 0.3) is 0 Å². The van der Waals surface area contributed by atoms with Crippen LogP contribution in [0.4, 0.5) is 17.1 Å². The minimum atomic E-state index is 0.287.